The van der Waals surface area contributed by atoms with Crippen molar-refractivity contribution >= 4 is 27.7 Å². The van der Waals surface area contributed by atoms with Crippen LogP contribution in [0.15, 0.2) is 102 Å². The van der Waals surface area contributed by atoms with Gasteiger partial charge in [0.15, 0.2) is 0 Å². The van der Waals surface area contributed by atoms with Crippen molar-refractivity contribution in [1.29, 1.82) is 0 Å². The largest absolute Gasteiger partial charge is 0.382 e. The summed E-state index contributed by atoms with van der Waals surface area (Å²) in [6.45, 7) is 4.71. The number of rotatable bonds is 14. The maximum absolute atomic E-state index is 13.9. The van der Waals surface area contributed by atoms with Crippen molar-refractivity contribution in [3.8, 4) is 0 Å². The SMILES string of the molecule is CCOCCCN(CC(=O)N(Cc1ccccc1)Cc1cccn1Cc1ccc(F)cc1)C(=O)c1cccc(Br)c1. The first-order valence-corrected chi connectivity index (χ1v) is 14.5. The molecule has 8 heteroatoms. The van der Waals surface area contributed by atoms with Crippen LogP contribution in [0.25, 0.3) is 0 Å². The fourth-order valence-corrected chi connectivity index (χ4v) is 4.99. The maximum Gasteiger partial charge on any atom is 0.254 e. The highest BCUT2D eigenvalue weighted by molar-refractivity contribution is 9.10. The number of nitrogens with zero attached hydrogens (tertiary/aromatic N) is 3. The first-order chi connectivity index (χ1) is 19.9. The van der Waals surface area contributed by atoms with Crippen molar-refractivity contribution in [2.45, 2.75) is 33.0 Å². The molecule has 0 bridgehead atoms. The van der Waals surface area contributed by atoms with E-state index in [2.05, 4.69) is 20.5 Å². The highest BCUT2D eigenvalue weighted by Gasteiger charge is 2.23. The minimum atomic E-state index is -0.274. The van der Waals surface area contributed by atoms with Crippen molar-refractivity contribution in [3.05, 3.63) is 130 Å². The molecule has 0 aliphatic heterocycles. The van der Waals surface area contributed by atoms with Gasteiger partial charge in [0.25, 0.3) is 5.91 Å². The lowest BCUT2D eigenvalue weighted by molar-refractivity contribution is -0.133. The molecule has 1 heterocycles. The molecule has 214 valence electrons. The summed E-state index contributed by atoms with van der Waals surface area (Å²) in [5, 5.41) is 0. The van der Waals surface area contributed by atoms with Crippen molar-refractivity contribution < 1.29 is 18.7 Å². The highest BCUT2D eigenvalue weighted by atomic mass is 79.9. The number of hydrogen-bond acceptors (Lipinski definition) is 3. The van der Waals surface area contributed by atoms with Crippen molar-refractivity contribution in [2.75, 3.05) is 26.3 Å². The zero-order chi connectivity index (χ0) is 29.0. The van der Waals surface area contributed by atoms with Crippen LogP contribution in [-0.2, 0) is 29.2 Å². The number of benzene rings is 3. The minimum absolute atomic E-state index is 0.0526. The Bertz CT molecular complexity index is 1410. The van der Waals surface area contributed by atoms with Crippen LogP contribution >= 0.6 is 15.9 Å². The van der Waals surface area contributed by atoms with Gasteiger partial charge in [0.2, 0.25) is 5.91 Å². The third-order valence-electron chi connectivity index (χ3n) is 6.72. The van der Waals surface area contributed by atoms with Gasteiger partial charge in [0.05, 0.1) is 6.54 Å². The lowest BCUT2D eigenvalue weighted by atomic mass is 10.1. The number of ether oxygens (including phenoxy) is 1. The Morgan fingerprint density at radius 3 is 2.39 bits per heavy atom. The Hall–Kier alpha value is -3.75. The normalized spacial score (nSPS) is 10.9. The first kappa shape index (κ1) is 30.2. The third-order valence-corrected chi connectivity index (χ3v) is 7.21. The molecule has 3 aromatic carbocycles. The number of amides is 2. The summed E-state index contributed by atoms with van der Waals surface area (Å²) < 4.78 is 21.8. The van der Waals surface area contributed by atoms with Crippen LogP contribution in [0.2, 0.25) is 0 Å². The molecule has 0 saturated carbocycles. The van der Waals surface area contributed by atoms with Crippen LogP contribution < -0.4 is 0 Å². The minimum Gasteiger partial charge on any atom is -0.382 e. The summed E-state index contributed by atoms with van der Waals surface area (Å²) in [5.41, 5.74) is 3.43. The molecule has 0 saturated heterocycles. The second kappa shape index (κ2) is 15.3. The van der Waals surface area contributed by atoms with Gasteiger partial charge in [-0.15, -0.1) is 0 Å². The van der Waals surface area contributed by atoms with Gasteiger partial charge >= 0.3 is 0 Å². The molecule has 0 atom stereocenters. The van der Waals surface area contributed by atoms with E-state index >= 15 is 0 Å². The van der Waals surface area contributed by atoms with E-state index in [-0.39, 0.29) is 24.2 Å². The predicted octanol–water partition coefficient (Wildman–Crippen LogP) is 6.54. The molecule has 6 nitrogen and oxygen atoms in total. The molecule has 1 aromatic heterocycles. The summed E-state index contributed by atoms with van der Waals surface area (Å²) in [5.74, 6) is -0.622. The van der Waals surface area contributed by atoms with E-state index in [0.717, 1.165) is 21.3 Å². The molecule has 4 rings (SSSR count). The van der Waals surface area contributed by atoms with E-state index in [1.54, 1.807) is 34.1 Å². The number of hydrogen-bond donors (Lipinski definition) is 0. The summed E-state index contributed by atoms with van der Waals surface area (Å²) in [4.78, 5) is 30.9. The van der Waals surface area contributed by atoms with Crippen LogP contribution in [0, 0.1) is 5.82 Å². The summed E-state index contributed by atoms with van der Waals surface area (Å²) in [7, 11) is 0. The van der Waals surface area contributed by atoms with Crippen LogP contribution in [-0.4, -0.2) is 52.5 Å². The number of halogens is 2. The van der Waals surface area contributed by atoms with E-state index in [0.29, 0.717) is 51.4 Å². The maximum atomic E-state index is 13.9. The molecule has 4 aromatic rings. The zero-order valence-corrected chi connectivity index (χ0v) is 24.8. The molecule has 2 amide bonds. The van der Waals surface area contributed by atoms with Gasteiger partial charge in [-0.3, -0.25) is 9.59 Å². The lowest BCUT2D eigenvalue weighted by Gasteiger charge is -2.28. The van der Waals surface area contributed by atoms with Crippen LogP contribution in [0.1, 0.15) is 40.5 Å². The van der Waals surface area contributed by atoms with Crippen LogP contribution in [0.5, 0.6) is 0 Å². The molecule has 0 N–H and O–H groups in total. The zero-order valence-electron chi connectivity index (χ0n) is 23.2. The van der Waals surface area contributed by atoms with Gasteiger partial charge in [0.1, 0.15) is 12.4 Å². The van der Waals surface area contributed by atoms with Gasteiger partial charge in [-0.1, -0.05) is 64.5 Å². The Labute approximate surface area is 249 Å². The fourth-order valence-electron chi connectivity index (χ4n) is 4.59. The molecule has 0 aliphatic rings. The summed E-state index contributed by atoms with van der Waals surface area (Å²) >= 11 is 3.44. The monoisotopic (exact) mass is 619 g/mol. The Balaban J connectivity index is 1.55. The Kier molecular flexibility index (Phi) is 11.3. The van der Waals surface area contributed by atoms with E-state index in [1.165, 1.54) is 12.1 Å². The third kappa shape index (κ3) is 9.13. The molecule has 41 heavy (non-hydrogen) atoms. The van der Waals surface area contributed by atoms with Gasteiger partial charge in [-0.25, -0.2) is 4.39 Å². The summed E-state index contributed by atoms with van der Waals surface area (Å²) in [6, 6.07) is 27.4. The van der Waals surface area contributed by atoms with Gasteiger partial charge in [0, 0.05) is 54.8 Å². The average Bonchev–Trinajstić information content (AvgIpc) is 3.41. The smallest absolute Gasteiger partial charge is 0.254 e. The van der Waals surface area contributed by atoms with Crippen molar-refractivity contribution in [1.82, 2.24) is 14.4 Å². The van der Waals surface area contributed by atoms with E-state index in [9.17, 15) is 14.0 Å². The van der Waals surface area contributed by atoms with Gasteiger partial charge in [-0.2, -0.15) is 0 Å². The topological polar surface area (TPSA) is 54.8 Å². The second-order valence-electron chi connectivity index (χ2n) is 9.78. The molecule has 0 aliphatic carbocycles. The first-order valence-electron chi connectivity index (χ1n) is 13.8. The molecule has 0 fully saturated rings. The molecular formula is C33H35BrFN3O3. The van der Waals surface area contributed by atoms with E-state index < -0.39 is 0 Å². The highest BCUT2D eigenvalue weighted by Crippen LogP contribution is 2.17. The number of carbonyl (C=O) groups excluding carboxylic acids is 2. The number of aromatic nitrogens is 1. The van der Waals surface area contributed by atoms with Crippen LogP contribution in [0.4, 0.5) is 4.39 Å². The summed E-state index contributed by atoms with van der Waals surface area (Å²) in [6.07, 6.45) is 2.58. The van der Waals surface area contributed by atoms with Crippen molar-refractivity contribution in [2.24, 2.45) is 0 Å². The van der Waals surface area contributed by atoms with E-state index in [4.69, 9.17) is 4.74 Å². The number of carbonyl (C=O) groups is 2. The molecular weight excluding hydrogens is 585 g/mol. The predicted molar refractivity (Wildman–Crippen MR) is 162 cm³/mol. The quantitative estimate of drug-likeness (QED) is 0.151. The fraction of sp³-hybridized carbons (Fsp3) is 0.273. The second-order valence-corrected chi connectivity index (χ2v) is 10.7. The standard InChI is InChI=1S/C33H35BrFN3O3/c1-2-41-20-8-19-37(33(40)28-11-6-12-29(34)21-28)25-32(39)38(23-26-9-4-3-5-10-26)24-31-13-7-18-36(31)22-27-14-16-30(35)17-15-27/h3-7,9-18,21H,2,8,19-20,22-25H2,1H3. The van der Waals surface area contributed by atoms with E-state index in [1.807, 2.05) is 67.7 Å². The molecule has 0 radical (unpaired) electrons. The Morgan fingerprint density at radius 1 is 0.878 bits per heavy atom. The molecule has 0 unspecified atom stereocenters. The van der Waals surface area contributed by atoms with Gasteiger partial charge in [-0.05, 0) is 66.9 Å². The van der Waals surface area contributed by atoms with Gasteiger partial charge < -0.3 is 19.1 Å². The average molecular weight is 621 g/mol. The molecule has 0 spiro atoms. The Morgan fingerprint density at radius 2 is 1.66 bits per heavy atom. The van der Waals surface area contributed by atoms with Crippen molar-refractivity contribution in [3.63, 3.8) is 0 Å². The lowest BCUT2D eigenvalue weighted by Crippen LogP contribution is -2.43. The van der Waals surface area contributed by atoms with Crippen LogP contribution in [0.3, 0.4) is 0 Å².